The predicted molar refractivity (Wildman–Crippen MR) is 79.5 cm³/mol. The van der Waals surface area contributed by atoms with Crippen molar-refractivity contribution in [2.45, 2.75) is 44.9 Å². The summed E-state index contributed by atoms with van der Waals surface area (Å²) in [5.41, 5.74) is 0. The summed E-state index contributed by atoms with van der Waals surface area (Å²) in [5, 5.41) is 3.74. The molecule has 2 aliphatic rings. The molecule has 1 atom stereocenters. The van der Waals surface area contributed by atoms with E-state index in [0.717, 1.165) is 6.54 Å². The van der Waals surface area contributed by atoms with Gasteiger partial charge in [0, 0.05) is 51.9 Å². The fourth-order valence-electron chi connectivity index (χ4n) is 3.15. The molecule has 0 bridgehead atoms. The van der Waals surface area contributed by atoms with Crippen molar-refractivity contribution in [2.75, 3.05) is 46.9 Å². The van der Waals surface area contributed by atoms with Crippen LogP contribution in [0.4, 0.5) is 0 Å². The minimum Gasteiger partial charge on any atom is -0.381 e. The Bertz CT molecular complexity index is 258. The van der Waals surface area contributed by atoms with Gasteiger partial charge in [-0.2, -0.15) is 0 Å². The molecule has 0 aromatic rings. The van der Waals surface area contributed by atoms with E-state index in [1.165, 1.54) is 39.0 Å². The topological polar surface area (TPSA) is 27.7 Å². The highest BCUT2D eigenvalue weighted by molar-refractivity contribution is 4.89. The Balaban J connectivity index is 1.74. The molecule has 0 amide bonds. The monoisotopic (exact) mass is 269 g/mol. The first kappa shape index (κ1) is 15.2. The maximum atomic E-state index is 5.34. The SMILES string of the molecule is COC1CC(NCC(C(C)C)N2CCN(C)CC2)C1. The molecule has 112 valence electrons. The Morgan fingerprint density at radius 2 is 1.79 bits per heavy atom. The van der Waals surface area contributed by atoms with E-state index in [-0.39, 0.29) is 0 Å². The number of likely N-dealkylation sites (N-methyl/N-ethyl adjacent to an activating group) is 1. The lowest BCUT2D eigenvalue weighted by Crippen LogP contribution is -2.56. The fraction of sp³-hybridized carbons (Fsp3) is 1.00. The maximum absolute atomic E-state index is 5.34. The molecule has 2 fully saturated rings. The molecule has 1 aliphatic carbocycles. The van der Waals surface area contributed by atoms with Gasteiger partial charge in [-0.05, 0) is 25.8 Å². The lowest BCUT2D eigenvalue weighted by Gasteiger charge is -2.42. The summed E-state index contributed by atoms with van der Waals surface area (Å²) in [6.45, 7) is 10.7. The molecule has 0 radical (unpaired) electrons. The molecule has 1 heterocycles. The largest absolute Gasteiger partial charge is 0.381 e. The van der Waals surface area contributed by atoms with Gasteiger partial charge in [0.2, 0.25) is 0 Å². The molecule has 1 aliphatic heterocycles. The van der Waals surface area contributed by atoms with Crippen molar-refractivity contribution in [1.82, 2.24) is 15.1 Å². The number of rotatable bonds is 6. The van der Waals surface area contributed by atoms with Crippen LogP contribution in [0.25, 0.3) is 0 Å². The van der Waals surface area contributed by atoms with Crippen molar-refractivity contribution in [3.8, 4) is 0 Å². The molecule has 1 N–H and O–H groups in total. The standard InChI is InChI=1S/C15H31N3O/c1-12(2)15(18-7-5-17(3)6-8-18)11-16-13-9-14(10-13)19-4/h12-16H,5-11H2,1-4H3. The average Bonchev–Trinajstić information content (AvgIpc) is 2.33. The van der Waals surface area contributed by atoms with E-state index in [9.17, 15) is 0 Å². The van der Waals surface area contributed by atoms with Gasteiger partial charge in [0.25, 0.3) is 0 Å². The molecule has 0 aromatic heterocycles. The van der Waals surface area contributed by atoms with Crippen LogP contribution in [0.1, 0.15) is 26.7 Å². The molecule has 0 spiro atoms. The Hall–Kier alpha value is -0.160. The third kappa shape index (κ3) is 4.15. The molecular formula is C15H31N3O. The van der Waals surface area contributed by atoms with E-state index in [0.29, 0.717) is 24.1 Å². The van der Waals surface area contributed by atoms with Crippen LogP contribution < -0.4 is 5.32 Å². The number of nitrogens with zero attached hydrogens (tertiary/aromatic N) is 2. The van der Waals surface area contributed by atoms with E-state index in [1.807, 2.05) is 7.11 Å². The third-order valence-corrected chi connectivity index (χ3v) is 4.82. The van der Waals surface area contributed by atoms with Gasteiger partial charge in [0.05, 0.1) is 6.10 Å². The Morgan fingerprint density at radius 1 is 1.16 bits per heavy atom. The number of hydrogen-bond donors (Lipinski definition) is 1. The lowest BCUT2D eigenvalue weighted by atomic mass is 9.88. The summed E-state index contributed by atoms with van der Waals surface area (Å²) in [7, 11) is 4.04. The summed E-state index contributed by atoms with van der Waals surface area (Å²) in [6.07, 6.45) is 2.87. The van der Waals surface area contributed by atoms with E-state index in [1.54, 1.807) is 0 Å². The maximum Gasteiger partial charge on any atom is 0.0601 e. The first-order valence-corrected chi connectivity index (χ1v) is 7.79. The summed E-state index contributed by atoms with van der Waals surface area (Å²) in [6, 6.07) is 1.36. The minimum atomic E-state index is 0.499. The number of nitrogens with one attached hydrogen (secondary N) is 1. The molecule has 1 saturated carbocycles. The normalized spacial score (nSPS) is 31.4. The zero-order valence-electron chi connectivity index (χ0n) is 13.1. The summed E-state index contributed by atoms with van der Waals surface area (Å²) in [5.74, 6) is 0.717. The minimum absolute atomic E-state index is 0.499. The van der Waals surface area contributed by atoms with Crippen molar-refractivity contribution in [1.29, 1.82) is 0 Å². The van der Waals surface area contributed by atoms with Crippen LogP contribution in [0.5, 0.6) is 0 Å². The molecule has 4 nitrogen and oxygen atoms in total. The molecule has 1 saturated heterocycles. The molecular weight excluding hydrogens is 238 g/mol. The highest BCUT2D eigenvalue weighted by Crippen LogP contribution is 2.23. The molecule has 1 unspecified atom stereocenters. The second-order valence-corrected chi connectivity index (χ2v) is 6.58. The van der Waals surface area contributed by atoms with Crippen molar-refractivity contribution < 1.29 is 4.74 Å². The summed E-state index contributed by atoms with van der Waals surface area (Å²) < 4.78 is 5.34. The fourth-order valence-corrected chi connectivity index (χ4v) is 3.15. The highest BCUT2D eigenvalue weighted by atomic mass is 16.5. The smallest absolute Gasteiger partial charge is 0.0601 e. The number of ether oxygens (including phenoxy) is 1. The highest BCUT2D eigenvalue weighted by Gasteiger charge is 2.31. The van der Waals surface area contributed by atoms with Gasteiger partial charge in [-0.15, -0.1) is 0 Å². The number of methoxy groups -OCH3 is 1. The van der Waals surface area contributed by atoms with Gasteiger partial charge in [0.1, 0.15) is 0 Å². The van der Waals surface area contributed by atoms with Crippen LogP contribution in [-0.4, -0.2) is 74.9 Å². The molecule has 4 heteroatoms. The van der Waals surface area contributed by atoms with E-state index >= 15 is 0 Å². The van der Waals surface area contributed by atoms with Crippen LogP contribution in [0.3, 0.4) is 0 Å². The Labute approximate surface area is 118 Å². The Morgan fingerprint density at radius 3 is 2.32 bits per heavy atom. The second kappa shape index (κ2) is 7.02. The number of hydrogen-bond acceptors (Lipinski definition) is 4. The van der Waals surface area contributed by atoms with Gasteiger partial charge >= 0.3 is 0 Å². The molecule has 19 heavy (non-hydrogen) atoms. The van der Waals surface area contributed by atoms with Crippen LogP contribution >= 0.6 is 0 Å². The van der Waals surface area contributed by atoms with Crippen LogP contribution in [0, 0.1) is 5.92 Å². The van der Waals surface area contributed by atoms with Crippen molar-refractivity contribution in [2.24, 2.45) is 5.92 Å². The summed E-state index contributed by atoms with van der Waals surface area (Å²) >= 11 is 0. The van der Waals surface area contributed by atoms with E-state index in [2.05, 4.69) is 36.0 Å². The van der Waals surface area contributed by atoms with Gasteiger partial charge in [0.15, 0.2) is 0 Å². The van der Waals surface area contributed by atoms with Gasteiger partial charge in [-0.25, -0.2) is 0 Å². The van der Waals surface area contributed by atoms with Gasteiger partial charge < -0.3 is 15.0 Å². The zero-order valence-corrected chi connectivity index (χ0v) is 13.1. The predicted octanol–water partition coefficient (Wildman–Crippen LogP) is 1.03. The first-order valence-electron chi connectivity index (χ1n) is 7.79. The molecule has 0 aromatic carbocycles. The lowest BCUT2D eigenvalue weighted by molar-refractivity contribution is 0.0124. The van der Waals surface area contributed by atoms with Gasteiger partial charge in [-0.3, -0.25) is 4.90 Å². The van der Waals surface area contributed by atoms with Crippen LogP contribution in [0.15, 0.2) is 0 Å². The van der Waals surface area contributed by atoms with Crippen molar-refractivity contribution >= 4 is 0 Å². The van der Waals surface area contributed by atoms with E-state index in [4.69, 9.17) is 4.74 Å². The first-order chi connectivity index (χ1) is 9.10. The second-order valence-electron chi connectivity index (χ2n) is 6.58. The van der Waals surface area contributed by atoms with Crippen LogP contribution in [0.2, 0.25) is 0 Å². The number of piperazine rings is 1. The zero-order chi connectivity index (χ0) is 13.8. The van der Waals surface area contributed by atoms with Crippen LogP contribution in [-0.2, 0) is 4.74 Å². The van der Waals surface area contributed by atoms with Crippen molar-refractivity contribution in [3.63, 3.8) is 0 Å². The quantitative estimate of drug-likeness (QED) is 0.779. The average molecular weight is 269 g/mol. The van der Waals surface area contributed by atoms with E-state index < -0.39 is 0 Å². The summed E-state index contributed by atoms with van der Waals surface area (Å²) in [4.78, 5) is 5.10. The molecule has 2 rings (SSSR count). The van der Waals surface area contributed by atoms with Crippen molar-refractivity contribution in [3.05, 3.63) is 0 Å². The Kier molecular flexibility index (Phi) is 5.63. The van der Waals surface area contributed by atoms with Gasteiger partial charge in [-0.1, -0.05) is 13.8 Å². The third-order valence-electron chi connectivity index (χ3n) is 4.82.